The zero-order chi connectivity index (χ0) is 37.4. The van der Waals surface area contributed by atoms with Crippen molar-refractivity contribution < 1.29 is 0 Å². The molecule has 0 aliphatic heterocycles. The molecule has 0 saturated heterocycles. The van der Waals surface area contributed by atoms with Crippen LogP contribution < -0.4 is 4.90 Å². The van der Waals surface area contributed by atoms with Crippen molar-refractivity contribution >= 4 is 54.6 Å². The van der Waals surface area contributed by atoms with E-state index < -0.39 is 0 Å². The quantitative estimate of drug-likeness (QED) is 0.165. The highest BCUT2D eigenvalue weighted by molar-refractivity contribution is 7.19. The zero-order valence-electron chi connectivity index (χ0n) is 31.7. The third-order valence-corrected chi connectivity index (χ3v) is 13.7. The number of aromatic nitrogens is 1. The smallest absolute Gasteiger partial charge is 0.0560 e. The fraction of sp³-hybridized carbons (Fsp3) is 0.132. The van der Waals surface area contributed by atoms with Gasteiger partial charge in [0.25, 0.3) is 0 Å². The van der Waals surface area contributed by atoms with Gasteiger partial charge in [-0.15, -0.1) is 11.3 Å². The number of anilines is 2. The molecule has 0 amide bonds. The fourth-order valence-electron chi connectivity index (χ4n) is 9.55. The number of allylic oxidation sites excluding steroid dienone is 7. The highest BCUT2D eigenvalue weighted by Gasteiger charge is 2.36. The van der Waals surface area contributed by atoms with Gasteiger partial charge in [-0.1, -0.05) is 135 Å². The van der Waals surface area contributed by atoms with Crippen LogP contribution in [0.2, 0.25) is 0 Å². The Bertz CT molecular complexity index is 2930. The molecule has 2 nitrogen and oxygen atoms in total. The van der Waals surface area contributed by atoms with Crippen molar-refractivity contribution in [3.8, 4) is 22.3 Å². The SMILES string of the molecule is CC1(C)c2ccccc2-c2ccc(N(C3=CCC(c4cc5ccccc5s4)C=C3)c3ccc(-c4ccc5c(c4)c4ccccc4n5C4C=CC=CC4)cc3)cc21. The lowest BCUT2D eigenvalue weighted by atomic mass is 9.82. The molecule has 2 unspecified atom stereocenters. The molecule has 56 heavy (non-hydrogen) atoms. The van der Waals surface area contributed by atoms with Crippen molar-refractivity contribution in [1.29, 1.82) is 0 Å². The van der Waals surface area contributed by atoms with Gasteiger partial charge in [-0.25, -0.2) is 0 Å². The maximum atomic E-state index is 2.52. The summed E-state index contributed by atoms with van der Waals surface area (Å²) in [4.78, 5) is 3.89. The monoisotopic (exact) mass is 738 g/mol. The van der Waals surface area contributed by atoms with Gasteiger partial charge in [0.1, 0.15) is 0 Å². The van der Waals surface area contributed by atoms with Crippen LogP contribution in [0.4, 0.5) is 11.4 Å². The molecule has 3 aliphatic rings. The molecule has 3 heteroatoms. The minimum Gasteiger partial charge on any atom is -0.333 e. The first-order chi connectivity index (χ1) is 27.5. The van der Waals surface area contributed by atoms with Crippen LogP contribution in [0.3, 0.4) is 0 Å². The Hall–Kier alpha value is -6.16. The lowest BCUT2D eigenvalue weighted by Gasteiger charge is -2.30. The molecular formula is C53H42N2S. The summed E-state index contributed by atoms with van der Waals surface area (Å²) in [6.45, 7) is 4.74. The Morgan fingerprint density at radius 1 is 0.625 bits per heavy atom. The summed E-state index contributed by atoms with van der Waals surface area (Å²) in [5.74, 6) is 0.375. The second-order valence-electron chi connectivity index (χ2n) is 16.0. The molecule has 270 valence electrons. The van der Waals surface area contributed by atoms with Crippen molar-refractivity contribution in [3.63, 3.8) is 0 Å². The molecule has 0 spiro atoms. The number of hydrogen-bond donors (Lipinski definition) is 0. The molecule has 2 aromatic heterocycles. The van der Waals surface area contributed by atoms with Gasteiger partial charge in [-0.3, -0.25) is 0 Å². The van der Waals surface area contributed by atoms with Gasteiger partial charge in [0.05, 0.1) is 6.04 Å². The summed E-state index contributed by atoms with van der Waals surface area (Å²) in [6, 6.07) is 52.6. The average molecular weight is 739 g/mol. The summed E-state index contributed by atoms with van der Waals surface area (Å²) in [7, 11) is 0. The molecule has 0 bridgehead atoms. The molecule has 0 saturated carbocycles. The van der Waals surface area contributed by atoms with E-state index in [2.05, 4.69) is 205 Å². The number of nitrogens with zero attached hydrogens (tertiary/aromatic N) is 2. The first-order valence-electron chi connectivity index (χ1n) is 19.9. The molecule has 11 rings (SSSR count). The summed E-state index contributed by atoms with van der Waals surface area (Å²) in [5.41, 5.74) is 14.0. The zero-order valence-corrected chi connectivity index (χ0v) is 32.5. The van der Waals surface area contributed by atoms with Crippen LogP contribution in [0.25, 0.3) is 54.1 Å². The van der Waals surface area contributed by atoms with Crippen molar-refractivity contribution in [2.24, 2.45) is 0 Å². The van der Waals surface area contributed by atoms with Crippen molar-refractivity contribution in [3.05, 3.63) is 204 Å². The number of hydrogen-bond acceptors (Lipinski definition) is 2. The third kappa shape index (κ3) is 5.29. The topological polar surface area (TPSA) is 8.17 Å². The number of benzene rings is 6. The molecular weight excluding hydrogens is 697 g/mol. The molecule has 2 heterocycles. The standard InChI is InChI=1S/C53H42N2S/c1-53(2)47-17-9-7-15-43(47)44-30-29-42(34-48(44)53)54(41-27-22-36(23-28-41)52-33-38-12-6-11-19-51(38)56-52)40-25-20-35(21-26-40)37-24-31-50-46(32-37)45-16-8-10-18-49(45)55(50)39-13-4-3-5-14-39/h3-13,15-22,24-34,36,39H,14,23H2,1-2H3. The number of para-hydroxylation sites is 1. The number of thiophene rings is 1. The van der Waals surface area contributed by atoms with Crippen LogP contribution in [-0.4, -0.2) is 4.57 Å². The predicted octanol–water partition coefficient (Wildman–Crippen LogP) is 14.8. The van der Waals surface area contributed by atoms with E-state index in [9.17, 15) is 0 Å². The predicted molar refractivity (Wildman–Crippen MR) is 239 cm³/mol. The minimum atomic E-state index is -0.0771. The van der Waals surface area contributed by atoms with Gasteiger partial charge < -0.3 is 9.47 Å². The molecule has 3 aliphatic carbocycles. The molecule has 2 atom stereocenters. The third-order valence-electron chi connectivity index (χ3n) is 12.4. The summed E-state index contributed by atoms with van der Waals surface area (Å²) in [5, 5.41) is 3.95. The number of fused-ring (bicyclic) bond motifs is 7. The van der Waals surface area contributed by atoms with Crippen molar-refractivity contribution in [2.45, 2.75) is 44.1 Å². The van der Waals surface area contributed by atoms with Crippen molar-refractivity contribution in [2.75, 3.05) is 4.90 Å². The van der Waals surface area contributed by atoms with E-state index in [-0.39, 0.29) is 5.41 Å². The van der Waals surface area contributed by atoms with Gasteiger partial charge in [0, 0.05) is 59.8 Å². The van der Waals surface area contributed by atoms with E-state index >= 15 is 0 Å². The van der Waals surface area contributed by atoms with E-state index in [1.807, 2.05) is 11.3 Å². The van der Waals surface area contributed by atoms with Crippen LogP contribution in [-0.2, 0) is 5.41 Å². The van der Waals surface area contributed by atoms with E-state index in [1.165, 1.54) is 81.5 Å². The van der Waals surface area contributed by atoms with E-state index in [4.69, 9.17) is 0 Å². The Balaban J connectivity index is 0.977. The van der Waals surface area contributed by atoms with Crippen LogP contribution in [0.5, 0.6) is 0 Å². The molecule has 0 radical (unpaired) electrons. The Morgan fingerprint density at radius 2 is 1.39 bits per heavy atom. The van der Waals surface area contributed by atoms with Crippen LogP contribution in [0.1, 0.15) is 54.7 Å². The van der Waals surface area contributed by atoms with Gasteiger partial charge in [0.15, 0.2) is 0 Å². The summed E-state index contributed by atoms with van der Waals surface area (Å²) >= 11 is 1.92. The normalized spacial score (nSPS) is 18.1. The largest absolute Gasteiger partial charge is 0.333 e. The molecule has 0 fully saturated rings. The summed E-state index contributed by atoms with van der Waals surface area (Å²) < 4.78 is 3.88. The molecule has 0 N–H and O–H groups in total. The van der Waals surface area contributed by atoms with Gasteiger partial charge in [0.2, 0.25) is 0 Å². The maximum Gasteiger partial charge on any atom is 0.0560 e. The van der Waals surface area contributed by atoms with Gasteiger partial charge in [-0.05, 0) is 112 Å². The average Bonchev–Trinajstić information content (AvgIpc) is 3.90. The lowest BCUT2D eigenvalue weighted by Crippen LogP contribution is -2.19. The van der Waals surface area contributed by atoms with Gasteiger partial charge >= 0.3 is 0 Å². The summed E-state index contributed by atoms with van der Waals surface area (Å²) in [6.07, 6.45) is 18.1. The molecule has 6 aromatic carbocycles. The highest BCUT2D eigenvalue weighted by atomic mass is 32.1. The van der Waals surface area contributed by atoms with Crippen LogP contribution >= 0.6 is 11.3 Å². The first kappa shape index (κ1) is 33.2. The maximum absolute atomic E-state index is 2.52. The van der Waals surface area contributed by atoms with Gasteiger partial charge in [-0.2, -0.15) is 0 Å². The van der Waals surface area contributed by atoms with Crippen molar-refractivity contribution in [1.82, 2.24) is 4.57 Å². The fourth-order valence-corrected chi connectivity index (χ4v) is 10.7. The first-order valence-corrected chi connectivity index (χ1v) is 20.7. The van der Waals surface area contributed by atoms with E-state index in [0.29, 0.717) is 12.0 Å². The highest BCUT2D eigenvalue weighted by Crippen LogP contribution is 2.50. The van der Waals surface area contributed by atoms with Crippen LogP contribution in [0, 0.1) is 0 Å². The molecule has 8 aromatic rings. The Kier molecular flexibility index (Phi) is 7.69. The lowest BCUT2D eigenvalue weighted by molar-refractivity contribution is 0.648. The minimum absolute atomic E-state index is 0.0771. The second-order valence-corrected chi connectivity index (χ2v) is 17.2. The Morgan fingerprint density at radius 3 is 2.23 bits per heavy atom. The second kappa shape index (κ2) is 13.0. The van der Waals surface area contributed by atoms with Crippen LogP contribution in [0.15, 0.2) is 188 Å². The van der Waals surface area contributed by atoms with E-state index in [1.54, 1.807) is 0 Å². The van der Waals surface area contributed by atoms with E-state index in [0.717, 1.165) is 18.5 Å². The number of rotatable bonds is 6. The Labute approximate surface area is 332 Å².